The normalized spacial score (nSPS) is 11.0. The minimum absolute atomic E-state index is 0.0524. The molecule has 0 radical (unpaired) electrons. The summed E-state index contributed by atoms with van der Waals surface area (Å²) in [6.45, 7) is 4.29. The summed E-state index contributed by atoms with van der Waals surface area (Å²) in [7, 11) is 0. The van der Waals surface area contributed by atoms with Crippen molar-refractivity contribution in [1.29, 1.82) is 0 Å². The van der Waals surface area contributed by atoms with Gasteiger partial charge in [-0.3, -0.25) is 4.79 Å². The van der Waals surface area contributed by atoms with Gasteiger partial charge in [0.25, 0.3) is 5.91 Å². The lowest BCUT2D eigenvalue weighted by Crippen LogP contribution is -2.25. The smallest absolute Gasteiger partial charge is 0.251 e. The van der Waals surface area contributed by atoms with Gasteiger partial charge in [0.2, 0.25) is 0 Å². The number of carbonyl (C=O) groups excluding carboxylic acids is 1. The van der Waals surface area contributed by atoms with Gasteiger partial charge in [-0.1, -0.05) is 46.3 Å². The monoisotopic (exact) mass is 519 g/mol. The minimum atomic E-state index is -0.0524. The van der Waals surface area contributed by atoms with Crippen LogP contribution in [0.1, 0.15) is 41.0 Å². The molecule has 0 aliphatic carbocycles. The van der Waals surface area contributed by atoms with Gasteiger partial charge in [0, 0.05) is 29.5 Å². The van der Waals surface area contributed by atoms with Gasteiger partial charge in [0.05, 0.1) is 17.6 Å². The number of nitrogens with zero attached hydrogens (tertiary/aromatic N) is 2. The molecule has 0 fully saturated rings. The summed E-state index contributed by atoms with van der Waals surface area (Å²) in [5, 5.41) is 3.02. The van der Waals surface area contributed by atoms with Crippen LogP contribution in [-0.2, 0) is 13.0 Å². The quantitative estimate of drug-likeness (QED) is 0.235. The first-order valence-corrected chi connectivity index (χ1v) is 12.6. The largest absolute Gasteiger partial charge is 0.494 e. The zero-order chi connectivity index (χ0) is 23.8. The number of imidazole rings is 1. The molecule has 0 saturated heterocycles. The van der Waals surface area contributed by atoms with Crippen LogP contribution in [0.4, 0.5) is 0 Å². The van der Waals surface area contributed by atoms with Crippen molar-refractivity contribution in [3.8, 4) is 5.75 Å². The van der Waals surface area contributed by atoms with E-state index in [0.29, 0.717) is 18.7 Å². The van der Waals surface area contributed by atoms with Crippen LogP contribution < -0.4 is 10.1 Å². The summed E-state index contributed by atoms with van der Waals surface area (Å²) in [5.41, 5.74) is 4.05. The van der Waals surface area contributed by atoms with E-state index in [0.717, 1.165) is 59.3 Å². The van der Waals surface area contributed by atoms with Crippen LogP contribution in [0.15, 0.2) is 77.3 Å². The molecule has 3 aromatic carbocycles. The molecule has 0 aliphatic rings. The number of carbonyl (C=O) groups is 1. The lowest BCUT2D eigenvalue weighted by molar-refractivity contribution is 0.0953. The van der Waals surface area contributed by atoms with E-state index in [1.54, 1.807) is 0 Å². The number of rotatable bonds is 11. The number of benzene rings is 3. The molecule has 1 heterocycles. The Morgan fingerprint density at radius 2 is 1.85 bits per heavy atom. The molecule has 1 aromatic heterocycles. The van der Waals surface area contributed by atoms with Crippen LogP contribution in [0.2, 0.25) is 0 Å². The van der Waals surface area contributed by atoms with Crippen molar-refractivity contribution in [3.05, 3.63) is 94.2 Å². The average Bonchev–Trinajstić information content (AvgIpc) is 3.19. The highest BCUT2D eigenvalue weighted by Gasteiger charge is 2.11. The number of nitrogens with one attached hydrogen (secondary N) is 1. The molecule has 0 spiro atoms. The number of fused-ring (bicyclic) bond motifs is 1. The Morgan fingerprint density at radius 1 is 1.00 bits per heavy atom. The summed E-state index contributed by atoms with van der Waals surface area (Å²) >= 11 is 3.41. The molecule has 0 aliphatic heterocycles. The van der Waals surface area contributed by atoms with Crippen molar-refractivity contribution in [1.82, 2.24) is 14.9 Å². The van der Waals surface area contributed by atoms with Crippen LogP contribution in [0.3, 0.4) is 0 Å². The van der Waals surface area contributed by atoms with Crippen molar-refractivity contribution >= 4 is 32.9 Å². The fourth-order valence-electron chi connectivity index (χ4n) is 4.01. The molecule has 4 aromatic rings. The average molecular weight is 520 g/mol. The van der Waals surface area contributed by atoms with E-state index in [4.69, 9.17) is 9.72 Å². The number of aryl methyl sites for hydroxylation is 3. The SMILES string of the molecule is Cc1cccc(OCCCCn2c(CCCNC(=O)c3cccc(Br)c3)nc3ccccc32)c1. The van der Waals surface area contributed by atoms with Crippen molar-refractivity contribution in [3.63, 3.8) is 0 Å². The lowest BCUT2D eigenvalue weighted by atomic mass is 10.2. The first-order valence-electron chi connectivity index (χ1n) is 11.8. The molecule has 1 amide bonds. The van der Waals surface area contributed by atoms with Crippen LogP contribution in [-0.4, -0.2) is 28.6 Å². The Kier molecular flexibility index (Phi) is 8.36. The van der Waals surface area contributed by atoms with E-state index in [1.165, 1.54) is 5.56 Å². The molecular weight excluding hydrogens is 490 g/mol. The van der Waals surface area contributed by atoms with Gasteiger partial charge in [-0.25, -0.2) is 4.98 Å². The summed E-state index contributed by atoms with van der Waals surface area (Å²) in [5.74, 6) is 1.94. The molecular formula is C28H30BrN3O2. The van der Waals surface area contributed by atoms with E-state index in [1.807, 2.05) is 42.5 Å². The van der Waals surface area contributed by atoms with E-state index in [9.17, 15) is 4.79 Å². The Hall–Kier alpha value is -3.12. The maximum absolute atomic E-state index is 12.4. The number of unbranched alkanes of at least 4 members (excludes halogenated alkanes) is 1. The summed E-state index contributed by atoms with van der Waals surface area (Å²) in [6, 6.07) is 23.9. The number of hydrogen-bond acceptors (Lipinski definition) is 3. The molecule has 0 bridgehead atoms. The predicted octanol–water partition coefficient (Wildman–Crippen LogP) is 6.33. The Labute approximate surface area is 209 Å². The molecule has 6 heteroatoms. The second kappa shape index (κ2) is 11.8. The van der Waals surface area contributed by atoms with E-state index in [2.05, 4.69) is 63.1 Å². The van der Waals surface area contributed by atoms with Crippen molar-refractivity contribution in [2.75, 3.05) is 13.2 Å². The highest BCUT2D eigenvalue weighted by Crippen LogP contribution is 2.19. The molecule has 0 unspecified atom stereocenters. The van der Waals surface area contributed by atoms with Gasteiger partial charge in [-0.2, -0.15) is 0 Å². The number of aromatic nitrogens is 2. The third-order valence-corrected chi connectivity index (χ3v) is 6.21. The van der Waals surface area contributed by atoms with Crippen molar-refractivity contribution < 1.29 is 9.53 Å². The summed E-state index contributed by atoms with van der Waals surface area (Å²) < 4.78 is 9.12. The topological polar surface area (TPSA) is 56.1 Å². The van der Waals surface area contributed by atoms with Crippen LogP contribution in [0.25, 0.3) is 11.0 Å². The van der Waals surface area contributed by atoms with Crippen LogP contribution in [0.5, 0.6) is 5.75 Å². The fourth-order valence-corrected chi connectivity index (χ4v) is 4.41. The molecule has 5 nitrogen and oxygen atoms in total. The number of amides is 1. The molecule has 176 valence electrons. The lowest BCUT2D eigenvalue weighted by Gasteiger charge is -2.11. The minimum Gasteiger partial charge on any atom is -0.494 e. The maximum atomic E-state index is 12.4. The zero-order valence-electron chi connectivity index (χ0n) is 19.5. The maximum Gasteiger partial charge on any atom is 0.251 e. The second-order valence-corrected chi connectivity index (χ2v) is 9.33. The van der Waals surface area contributed by atoms with Gasteiger partial charge >= 0.3 is 0 Å². The van der Waals surface area contributed by atoms with Gasteiger partial charge in [0.15, 0.2) is 0 Å². The van der Waals surface area contributed by atoms with E-state index < -0.39 is 0 Å². The Balaban J connectivity index is 1.29. The number of hydrogen-bond donors (Lipinski definition) is 1. The van der Waals surface area contributed by atoms with Gasteiger partial charge in [0.1, 0.15) is 11.6 Å². The molecule has 0 atom stereocenters. The predicted molar refractivity (Wildman–Crippen MR) is 140 cm³/mol. The van der Waals surface area contributed by atoms with E-state index in [-0.39, 0.29) is 5.91 Å². The highest BCUT2D eigenvalue weighted by atomic mass is 79.9. The van der Waals surface area contributed by atoms with Crippen molar-refractivity contribution in [2.45, 2.75) is 39.2 Å². The first kappa shape index (κ1) is 24.0. The molecule has 34 heavy (non-hydrogen) atoms. The third-order valence-electron chi connectivity index (χ3n) is 5.72. The first-order chi connectivity index (χ1) is 16.6. The van der Waals surface area contributed by atoms with E-state index >= 15 is 0 Å². The number of halogens is 1. The fraction of sp³-hybridized carbons (Fsp3) is 0.286. The third kappa shape index (κ3) is 6.48. The van der Waals surface area contributed by atoms with Crippen LogP contribution in [0, 0.1) is 6.92 Å². The molecule has 0 saturated carbocycles. The molecule has 1 N–H and O–H groups in total. The number of ether oxygens (including phenoxy) is 1. The van der Waals surface area contributed by atoms with Crippen LogP contribution >= 0.6 is 15.9 Å². The Bertz CT molecular complexity index is 1250. The van der Waals surface area contributed by atoms with Crippen molar-refractivity contribution in [2.24, 2.45) is 0 Å². The number of para-hydroxylation sites is 2. The zero-order valence-corrected chi connectivity index (χ0v) is 21.1. The highest BCUT2D eigenvalue weighted by molar-refractivity contribution is 9.10. The van der Waals surface area contributed by atoms with Gasteiger partial charge in [-0.15, -0.1) is 0 Å². The summed E-state index contributed by atoms with van der Waals surface area (Å²) in [4.78, 5) is 17.2. The second-order valence-electron chi connectivity index (χ2n) is 8.41. The molecule has 4 rings (SSSR count). The van der Waals surface area contributed by atoms with Gasteiger partial charge < -0.3 is 14.6 Å². The standard InChI is InChI=1S/C28H30BrN3O2/c1-21-9-6-12-24(19-21)34-18-5-4-17-32-26-14-3-2-13-25(26)31-27(32)15-8-16-30-28(33)22-10-7-11-23(29)20-22/h2-3,6-7,9-14,19-20H,4-5,8,15-18H2,1H3,(H,30,33). The summed E-state index contributed by atoms with van der Waals surface area (Å²) in [6.07, 6.45) is 3.63. The Morgan fingerprint density at radius 3 is 2.71 bits per heavy atom. The van der Waals surface area contributed by atoms with Gasteiger partial charge in [-0.05, 0) is 74.2 Å².